The molecule has 4 nitrogen and oxygen atoms in total. The number of amides is 1. The van der Waals surface area contributed by atoms with Crippen molar-refractivity contribution in [1.82, 2.24) is 10.3 Å². The van der Waals surface area contributed by atoms with Crippen LogP contribution in [0.2, 0.25) is 0 Å². The van der Waals surface area contributed by atoms with Crippen LogP contribution in [-0.4, -0.2) is 30.5 Å². The van der Waals surface area contributed by atoms with E-state index in [9.17, 15) is 4.79 Å². The Balaban J connectivity index is 2.04. The Morgan fingerprint density at radius 2 is 2.38 bits per heavy atom. The molecule has 0 radical (unpaired) electrons. The Hall–Kier alpha value is -1.42. The van der Waals surface area contributed by atoms with Gasteiger partial charge >= 0.3 is 0 Å². The fourth-order valence-electron chi connectivity index (χ4n) is 1.96. The Morgan fingerprint density at radius 3 is 3.00 bits per heavy atom. The second kappa shape index (κ2) is 5.07. The molecule has 1 saturated heterocycles. The molecule has 1 fully saturated rings. The monoisotopic (exact) mass is 219 g/mol. The molecule has 1 atom stereocenters. The lowest BCUT2D eigenvalue weighted by Gasteiger charge is -2.26. The molecule has 1 aliphatic heterocycles. The van der Waals surface area contributed by atoms with Crippen LogP contribution >= 0.6 is 0 Å². The minimum atomic E-state index is -0.0410. The van der Waals surface area contributed by atoms with Gasteiger partial charge in [0, 0.05) is 13.2 Å². The number of hydrogen-bond acceptors (Lipinski definition) is 3. The maximum absolute atomic E-state index is 12.1. The highest BCUT2D eigenvalue weighted by atomic mass is 16.2. The first-order chi connectivity index (χ1) is 7.79. The lowest BCUT2D eigenvalue weighted by atomic mass is 10.0. The Kier molecular flexibility index (Phi) is 3.51. The van der Waals surface area contributed by atoms with E-state index in [1.54, 1.807) is 18.1 Å². The molecule has 0 aromatic carbocycles. The predicted octanol–water partition coefficient (Wildman–Crippen LogP) is 1.19. The van der Waals surface area contributed by atoms with Gasteiger partial charge in [0.05, 0.1) is 6.04 Å². The summed E-state index contributed by atoms with van der Waals surface area (Å²) in [4.78, 5) is 17.9. The highest BCUT2D eigenvalue weighted by molar-refractivity contribution is 5.95. The van der Waals surface area contributed by atoms with Crippen LogP contribution in [-0.2, 0) is 4.79 Å². The number of pyridine rings is 1. The van der Waals surface area contributed by atoms with Crippen molar-refractivity contribution in [2.45, 2.75) is 25.3 Å². The fraction of sp³-hybridized carbons (Fsp3) is 0.500. The molecule has 2 rings (SSSR count). The number of anilines is 1. The van der Waals surface area contributed by atoms with Gasteiger partial charge in [0.25, 0.3) is 0 Å². The standard InChI is InChI=1S/C12H17N3O/c1-15(11-7-3-5-9-14-11)12(16)10-6-2-4-8-13-10/h3,5,7,9-10,13H,2,4,6,8H2,1H3. The van der Waals surface area contributed by atoms with Gasteiger partial charge in [-0.2, -0.15) is 0 Å². The van der Waals surface area contributed by atoms with Crippen LogP contribution in [0.3, 0.4) is 0 Å². The molecule has 0 saturated carbocycles. The largest absolute Gasteiger partial charge is 0.306 e. The van der Waals surface area contributed by atoms with Gasteiger partial charge in [-0.05, 0) is 31.5 Å². The van der Waals surface area contributed by atoms with Gasteiger partial charge in [-0.1, -0.05) is 12.5 Å². The first-order valence-electron chi connectivity index (χ1n) is 5.71. The third-order valence-electron chi connectivity index (χ3n) is 2.93. The van der Waals surface area contributed by atoms with Crippen molar-refractivity contribution < 1.29 is 4.79 Å². The highest BCUT2D eigenvalue weighted by Gasteiger charge is 2.24. The van der Waals surface area contributed by atoms with Crippen molar-refractivity contribution in [2.24, 2.45) is 0 Å². The molecule has 1 aromatic heterocycles. The predicted molar refractivity (Wildman–Crippen MR) is 63.3 cm³/mol. The van der Waals surface area contributed by atoms with Crippen molar-refractivity contribution in [1.29, 1.82) is 0 Å². The third-order valence-corrected chi connectivity index (χ3v) is 2.93. The molecule has 1 amide bonds. The average Bonchev–Trinajstić information content (AvgIpc) is 2.39. The summed E-state index contributed by atoms with van der Waals surface area (Å²) in [6.45, 7) is 0.937. The van der Waals surface area contributed by atoms with Crippen molar-refractivity contribution in [3.63, 3.8) is 0 Å². The van der Waals surface area contributed by atoms with Crippen LogP contribution in [0.5, 0.6) is 0 Å². The van der Waals surface area contributed by atoms with Crippen LogP contribution < -0.4 is 10.2 Å². The van der Waals surface area contributed by atoms with E-state index in [1.807, 2.05) is 18.2 Å². The molecule has 1 N–H and O–H groups in total. The van der Waals surface area contributed by atoms with E-state index in [0.717, 1.165) is 25.8 Å². The number of piperidine rings is 1. The first-order valence-corrected chi connectivity index (χ1v) is 5.71. The number of likely N-dealkylation sites (N-methyl/N-ethyl adjacent to an activating group) is 1. The highest BCUT2D eigenvalue weighted by Crippen LogP contribution is 2.13. The average molecular weight is 219 g/mol. The van der Waals surface area contributed by atoms with Gasteiger partial charge in [-0.3, -0.25) is 9.69 Å². The molecule has 16 heavy (non-hydrogen) atoms. The summed E-state index contributed by atoms with van der Waals surface area (Å²) in [6, 6.07) is 5.54. The number of aromatic nitrogens is 1. The molecule has 1 aromatic rings. The topological polar surface area (TPSA) is 45.2 Å². The van der Waals surface area contributed by atoms with E-state index >= 15 is 0 Å². The second-order valence-corrected chi connectivity index (χ2v) is 4.09. The van der Waals surface area contributed by atoms with Gasteiger partial charge in [-0.15, -0.1) is 0 Å². The van der Waals surface area contributed by atoms with Crippen molar-refractivity contribution in [3.8, 4) is 0 Å². The molecule has 1 aliphatic rings. The van der Waals surface area contributed by atoms with Crippen LogP contribution in [0.15, 0.2) is 24.4 Å². The van der Waals surface area contributed by atoms with Gasteiger partial charge in [0.1, 0.15) is 5.82 Å². The quantitative estimate of drug-likeness (QED) is 0.812. The van der Waals surface area contributed by atoms with Gasteiger partial charge < -0.3 is 5.32 Å². The summed E-state index contributed by atoms with van der Waals surface area (Å²) in [5.41, 5.74) is 0. The number of rotatable bonds is 2. The van der Waals surface area contributed by atoms with E-state index in [1.165, 1.54) is 0 Å². The van der Waals surface area contributed by atoms with E-state index in [-0.39, 0.29) is 11.9 Å². The summed E-state index contributed by atoms with van der Waals surface area (Å²) in [7, 11) is 1.78. The zero-order valence-electron chi connectivity index (χ0n) is 9.52. The smallest absolute Gasteiger partial charge is 0.245 e. The summed E-state index contributed by atoms with van der Waals surface area (Å²) >= 11 is 0. The number of carbonyl (C=O) groups excluding carboxylic acids is 1. The van der Waals surface area contributed by atoms with Gasteiger partial charge in [-0.25, -0.2) is 4.98 Å². The lowest BCUT2D eigenvalue weighted by molar-refractivity contribution is -0.120. The summed E-state index contributed by atoms with van der Waals surface area (Å²) in [6.07, 6.45) is 4.92. The Labute approximate surface area is 95.7 Å². The zero-order valence-corrected chi connectivity index (χ0v) is 9.52. The number of hydrogen-bond donors (Lipinski definition) is 1. The van der Waals surface area contributed by atoms with Gasteiger partial charge in [0.2, 0.25) is 5.91 Å². The normalized spacial score (nSPS) is 20.4. The Bertz CT molecular complexity index is 347. The summed E-state index contributed by atoms with van der Waals surface area (Å²) < 4.78 is 0. The minimum absolute atomic E-state index is 0.0410. The van der Waals surface area contributed by atoms with Crippen molar-refractivity contribution in [2.75, 3.05) is 18.5 Å². The fourth-order valence-corrected chi connectivity index (χ4v) is 1.96. The lowest BCUT2D eigenvalue weighted by Crippen LogP contribution is -2.47. The SMILES string of the molecule is CN(C(=O)C1CCCCN1)c1ccccn1. The van der Waals surface area contributed by atoms with E-state index in [2.05, 4.69) is 10.3 Å². The van der Waals surface area contributed by atoms with Crippen molar-refractivity contribution in [3.05, 3.63) is 24.4 Å². The molecular formula is C12H17N3O. The third kappa shape index (κ3) is 2.39. The van der Waals surface area contributed by atoms with Crippen molar-refractivity contribution >= 4 is 11.7 Å². The van der Waals surface area contributed by atoms with E-state index in [0.29, 0.717) is 5.82 Å². The molecular weight excluding hydrogens is 202 g/mol. The van der Waals surface area contributed by atoms with E-state index < -0.39 is 0 Å². The molecule has 2 heterocycles. The second-order valence-electron chi connectivity index (χ2n) is 4.09. The van der Waals surface area contributed by atoms with Gasteiger partial charge in [0.15, 0.2) is 0 Å². The van der Waals surface area contributed by atoms with Crippen LogP contribution in [0.1, 0.15) is 19.3 Å². The van der Waals surface area contributed by atoms with Crippen LogP contribution in [0.4, 0.5) is 5.82 Å². The minimum Gasteiger partial charge on any atom is -0.306 e. The zero-order chi connectivity index (χ0) is 11.4. The number of nitrogens with one attached hydrogen (secondary N) is 1. The summed E-state index contributed by atoms with van der Waals surface area (Å²) in [5.74, 6) is 0.818. The Morgan fingerprint density at radius 1 is 1.50 bits per heavy atom. The van der Waals surface area contributed by atoms with E-state index in [4.69, 9.17) is 0 Å². The molecule has 0 aliphatic carbocycles. The number of carbonyl (C=O) groups is 1. The summed E-state index contributed by atoms with van der Waals surface area (Å²) in [5, 5.41) is 3.25. The van der Waals surface area contributed by atoms with Crippen LogP contribution in [0.25, 0.3) is 0 Å². The molecule has 4 heteroatoms. The maximum Gasteiger partial charge on any atom is 0.245 e. The maximum atomic E-state index is 12.1. The molecule has 1 unspecified atom stereocenters. The van der Waals surface area contributed by atoms with Crippen LogP contribution in [0, 0.1) is 0 Å². The molecule has 0 spiro atoms. The molecule has 0 bridgehead atoms. The number of nitrogens with zero attached hydrogens (tertiary/aromatic N) is 2. The first kappa shape index (κ1) is 11.1. The molecule has 86 valence electrons.